The fourth-order valence-corrected chi connectivity index (χ4v) is 2.03. The number of piperidine rings is 1. The fraction of sp³-hybridized carbons (Fsp3) is 0.700. The molecule has 0 bridgehead atoms. The van der Waals surface area contributed by atoms with Crippen molar-refractivity contribution in [2.45, 2.75) is 26.2 Å². The Morgan fingerprint density at radius 3 is 2.86 bits per heavy atom. The number of allylic oxidation sites excluding steroid dienone is 1. The molecule has 1 heterocycles. The second-order valence-electron chi connectivity index (χ2n) is 4.00. The predicted octanol–water partition coefficient (Wildman–Crippen LogP) is 1.97. The Hall–Kier alpha value is -0.540. The molecule has 1 aliphatic rings. The van der Waals surface area contributed by atoms with Crippen LogP contribution in [0.3, 0.4) is 0 Å². The first-order chi connectivity index (χ1) is 6.60. The van der Waals surface area contributed by atoms with Crippen LogP contribution in [0, 0.1) is 5.41 Å². The number of carboxylic acid groups (broad SMARTS) is 1. The molecule has 0 radical (unpaired) electrons. The van der Waals surface area contributed by atoms with E-state index in [9.17, 15) is 9.90 Å². The topological polar surface area (TPSA) is 49.3 Å². The largest absolute Gasteiger partial charge is 0.481 e. The van der Waals surface area contributed by atoms with E-state index in [1.54, 1.807) is 0 Å². The first-order valence-electron chi connectivity index (χ1n) is 4.81. The first-order valence-corrected chi connectivity index (χ1v) is 5.24. The van der Waals surface area contributed by atoms with Gasteiger partial charge in [0.25, 0.3) is 0 Å². The van der Waals surface area contributed by atoms with Crippen molar-refractivity contribution in [2.24, 2.45) is 5.41 Å². The standard InChI is InChI=1S/C10H16ClNO2/c1-8(6-11)5-10(9(13)14)3-2-4-12-7-10/h6,12H,2-5,7H2,1H3,(H,13,14). The Morgan fingerprint density at radius 2 is 2.43 bits per heavy atom. The highest BCUT2D eigenvalue weighted by molar-refractivity contribution is 6.25. The van der Waals surface area contributed by atoms with Gasteiger partial charge in [-0.2, -0.15) is 0 Å². The van der Waals surface area contributed by atoms with Gasteiger partial charge < -0.3 is 10.4 Å². The minimum Gasteiger partial charge on any atom is -0.481 e. The maximum Gasteiger partial charge on any atom is 0.311 e. The Labute approximate surface area is 89.1 Å². The van der Waals surface area contributed by atoms with Crippen molar-refractivity contribution in [3.8, 4) is 0 Å². The third kappa shape index (κ3) is 2.49. The molecule has 0 amide bonds. The highest BCUT2D eigenvalue weighted by Crippen LogP contribution is 2.33. The quantitative estimate of drug-likeness (QED) is 0.760. The van der Waals surface area contributed by atoms with Gasteiger partial charge in [0.05, 0.1) is 5.41 Å². The van der Waals surface area contributed by atoms with Crippen LogP contribution in [-0.2, 0) is 4.79 Å². The zero-order chi connectivity index (χ0) is 10.6. The lowest BCUT2D eigenvalue weighted by atomic mass is 9.76. The molecule has 0 aromatic carbocycles. The smallest absolute Gasteiger partial charge is 0.311 e. The summed E-state index contributed by atoms with van der Waals surface area (Å²) in [5.74, 6) is -0.720. The molecule has 0 aromatic heterocycles. The van der Waals surface area contributed by atoms with Crippen molar-refractivity contribution in [3.63, 3.8) is 0 Å². The number of nitrogens with one attached hydrogen (secondary N) is 1. The van der Waals surface area contributed by atoms with Crippen LogP contribution in [0.15, 0.2) is 11.1 Å². The number of halogens is 1. The van der Waals surface area contributed by atoms with Gasteiger partial charge in [-0.05, 0) is 32.7 Å². The van der Waals surface area contributed by atoms with Gasteiger partial charge in [-0.25, -0.2) is 0 Å². The number of hydrogen-bond donors (Lipinski definition) is 2. The monoisotopic (exact) mass is 217 g/mol. The van der Waals surface area contributed by atoms with E-state index < -0.39 is 11.4 Å². The van der Waals surface area contributed by atoms with Gasteiger partial charge in [-0.15, -0.1) is 0 Å². The third-order valence-corrected chi connectivity index (χ3v) is 3.10. The summed E-state index contributed by atoms with van der Waals surface area (Å²) >= 11 is 5.56. The Bertz CT molecular complexity index is 245. The molecule has 0 aliphatic carbocycles. The van der Waals surface area contributed by atoms with Crippen LogP contribution in [0.2, 0.25) is 0 Å². The van der Waals surface area contributed by atoms with Gasteiger partial charge in [-0.1, -0.05) is 17.2 Å². The van der Waals surface area contributed by atoms with Crippen molar-refractivity contribution >= 4 is 17.6 Å². The SMILES string of the molecule is CC(=CCl)CC1(C(=O)O)CCCNC1. The summed E-state index contributed by atoms with van der Waals surface area (Å²) in [5, 5.41) is 12.4. The summed E-state index contributed by atoms with van der Waals surface area (Å²) in [6.07, 6.45) is 2.19. The molecule has 3 nitrogen and oxygen atoms in total. The molecule has 1 saturated heterocycles. The lowest BCUT2D eigenvalue weighted by Crippen LogP contribution is -2.45. The van der Waals surface area contributed by atoms with E-state index in [0.717, 1.165) is 25.0 Å². The number of carbonyl (C=O) groups is 1. The predicted molar refractivity (Wildman–Crippen MR) is 56.4 cm³/mol. The normalized spacial score (nSPS) is 28.9. The van der Waals surface area contributed by atoms with Crippen molar-refractivity contribution in [3.05, 3.63) is 11.1 Å². The number of hydrogen-bond acceptors (Lipinski definition) is 2. The van der Waals surface area contributed by atoms with Crippen LogP contribution >= 0.6 is 11.6 Å². The minimum atomic E-state index is -0.720. The average Bonchev–Trinajstić information content (AvgIpc) is 2.19. The molecule has 1 aliphatic heterocycles. The van der Waals surface area contributed by atoms with Crippen LogP contribution in [0.5, 0.6) is 0 Å². The van der Waals surface area contributed by atoms with Gasteiger partial charge in [0.1, 0.15) is 0 Å². The van der Waals surface area contributed by atoms with Crippen LogP contribution < -0.4 is 5.32 Å². The molecule has 0 spiro atoms. The van der Waals surface area contributed by atoms with E-state index in [-0.39, 0.29) is 0 Å². The molecule has 2 N–H and O–H groups in total. The number of rotatable bonds is 3. The highest BCUT2D eigenvalue weighted by atomic mass is 35.5. The number of aliphatic carboxylic acids is 1. The lowest BCUT2D eigenvalue weighted by molar-refractivity contribution is -0.150. The molecule has 1 fully saturated rings. The second-order valence-corrected chi connectivity index (χ2v) is 4.22. The van der Waals surface area contributed by atoms with Gasteiger partial charge in [-0.3, -0.25) is 4.79 Å². The molecule has 80 valence electrons. The van der Waals surface area contributed by atoms with E-state index in [0.29, 0.717) is 13.0 Å². The zero-order valence-electron chi connectivity index (χ0n) is 8.35. The molecular weight excluding hydrogens is 202 g/mol. The summed E-state index contributed by atoms with van der Waals surface area (Å²) in [6, 6.07) is 0. The zero-order valence-corrected chi connectivity index (χ0v) is 9.10. The van der Waals surface area contributed by atoms with Crippen LogP contribution in [-0.4, -0.2) is 24.2 Å². The highest BCUT2D eigenvalue weighted by Gasteiger charge is 2.39. The molecule has 14 heavy (non-hydrogen) atoms. The van der Waals surface area contributed by atoms with Crippen molar-refractivity contribution in [1.29, 1.82) is 0 Å². The van der Waals surface area contributed by atoms with Crippen LogP contribution in [0.1, 0.15) is 26.2 Å². The third-order valence-electron chi connectivity index (χ3n) is 2.73. The molecular formula is C10H16ClNO2. The van der Waals surface area contributed by atoms with Crippen LogP contribution in [0.25, 0.3) is 0 Å². The maximum absolute atomic E-state index is 11.2. The van der Waals surface area contributed by atoms with E-state index in [2.05, 4.69) is 5.32 Å². The van der Waals surface area contributed by atoms with Crippen molar-refractivity contribution in [1.82, 2.24) is 5.32 Å². The second kappa shape index (κ2) is 4.80. The van der Waals surface area contributed by atoms with Crippen molar-refractivity contribution < 1.29 is 9.90 Å². The lowest BCUT2D eigenvalue weighted by Gasteiger charge is -2.33. The van der Waals surface area contributed by atoms with E-state index in [4.69, 9.17) is 11.6 Å². The summed E-state index contributed by atoms with van der Waals surface area (Å²) in [4.78, 5) is 11.2. The maximum atomic E-state index is 11.2. The summed E-state index contributed by atoms with van der Waals surface area (Å²) < 4.78 is 0. The van der Waals surface area contributed by atoms with E-state index >= 15 is 0 Å². The Morgan fingerprint density at radius 1 is 1.71 bits per heavy atom. The van der Waals surface area contributed by atoms with Gasteiger partial charge >= 0.3 is 5.97 Å². The van der Waals surface area contributed by atoms with E-state index in [1.165, 1.54) is 5.54 Å². The van der Waals surface area contributed by atoms with Crippen LogP contribution in [0.4, 0.5) is 0 Å². The van der Waals surface area contributed by atoms with Gasteiger partial charge in [0.15, 0.2) is 0 Å². The molecule has 1 rings (SSSR count). The van der Waals surface area contributed by atoms with Gasteiger partial charge in [0.2, 0.25) is 0 Å². The minimum absolute atomic E-state index is 0.541. The Balaban J connectivity index is 2.75. The summed E-state index contributed by atoms with van der Waals surface area (Å²) in [6.45, 7) is 3.33. The molecule has 4 heteroatoms. The first kappa shape index (κ1) is 11.5. The summed E-state index contributed by atoms with van der Waals surface area (Å²) in [7, 11) is 0. The molecule has 1 atom stereocenters. The molecule has 0 saturated carbocycles. The fourth-order valence-electron chi connectivity index (χ4n) is 1.95. The number of carboxylic acids is 1. The summed E-state index contributed by atoms with van der Waals surface area (Å²) in [5.41, 5.74) is 1.75. The van der Waals surface area contributed by atoms with E-state index in [1.807, 2.05) is 6.92 Å². The molecule has 1 unspecified atom stereocenters. The molecule has 0 aromatic rings. The Kier molecular flexibility index (Phi) is 3.96. The van der Waals surface area contributed by atoms with Gasteiger partial charge in [0, 0.05) is 12.1 Å². The average molecular weight is 218 g/mol. The van der Waals surface area contributed by atoms with Crippen molar-refractivity contribution in [2.75, 3.05) is 13.1 Å².